The summed E-state index contributed by atoms with van der Waals surface area (Å²) in [4.78, 5) is 0. The summed E-state index contributed by atoms with van der Waals surface area (Å²) in [5.74, 6) is 10.0. The van der Waals surface area contributed by atoms with Crippen molar-refractivity contribution in [2.75, 3.05) is 6.61 Å². The first kappa shape index (κ1) is 17.0. The lowest BCUT2D eigenvalue weighted by atomic mass is 10.0. The summed E-state index contributed by atoms with van der Waals surface area (Å²) in [5, 5.41) is 27.7. The molecular weight excluding hydrogens is 228 g/mol. The van der Waals surface area contributed by atoms with Crippen LogP contribution in [0, 0.1) is 23.7 Å². The molecule has 0 heterocycles. The molecule has 2 atom stereocenters. The normalized spacial score (nSPS) is 12.9. The number of unbranched alkanes of at least 4 members (excludes halogenated alkanes) is 4. The molecule has 0 aromatic heterocycles. The number of aliphatic hydroxyl groups excluding tert-OH is 3. The maximum Gasteiger partial charge on any atom is 0.105 e. The summed E-state index contributed by atoms with van der Waals surface area (Å²) in [5.41, 5.74) is 0. The van der Waals surface area contributed by atoms with Crippen LogP contribution in [0.1, 0.15) is 51.9 Å². The molecule has 0 saturated heterocycles. The molecule has 0 unspecified atom stereocenters. The van der Waals surface area contributed by atoms with E-state index in [1.165, 1.54) is 19.3 Å². The fraction of sp³-hybridized carbons (Fsp3) is 0.733. The summed E-state index contributed by atoms with van der Waals surface area (Å²) >= 11 is 0. The van der Waals surface area contributed by atoms with E-state index in [9.17, 15) is 10.2 Å². The van der Waals surface area contributed by atoms with Gasteiger partial charge in [-0.25, -0.2) is 0 Å². The van der Waals surface area contributed by atoms with Crippen LogP contribution in [0.5, 0.6) is 0 Å². The molecule has 0 saturated carbocycles. The molecule has 18 heavy (non-hydrogen) atoms. The van der Waals surface area contributed by atoms with Gasteiger partial charge < -0.3 is 15.3 Å². The van der Waals surface area contributed by atoms with Crippen LogP contribution < -0.4 is 0 Å². The third kappa shape index (κ3) is 10.2. The van der Waals surface area contributed by atoms with Crippen LogP contribution in [0.25, 0.3) is 0 Å². The van der Waals surface area contributed by atoms with Crippen LogP contribution in [-0.2, 0) is 0 Å². The summed E-state index contributed by atoms with van der Waals surface area (Å²) < 4.78 is 0. The molecule has 0 radical (unpaired) electrons. The van der Waals surface area contributed by atoms with Crippen LogP contribution in [0.15, 0.2) is 0 Å². The van der Waals surface area contributed by atoms with E-state index >= 15 is 0 Å². The second-order valence-corrected chi connectivity index (χ2v) is 4.30. The SMILES string of the molecule is CCCCCCC[C@@H](O)[C@H](O)CC#CC#CCO. The quantitative estimate of drug-likeness (QED) is 0.453. The van der Waals surface area contributed by atoms with Gasteiger partial charge in [0.05, 0.1) is 12.2 Å². The first-order chi connectivity index (χ1) is 8.72. The molecule has 3 heteroatoms. The maximum atomic E-state index is 9.68. The van der Waals surface area contributed by atoms with Crippen molar-refractivity contribution in [3.05, 3.63) is 0 Å². The summed E-state index contributed by atoms with van der Waals surface area (Å²) in [7, 11) is 0. The van der Waals surface area contributed by atoms with E-state index in [1.807, 2.05) is 0 Å². The van der Waals surface area contributed by atoms with Gasteiger partial charge in [-0.1, -0.05) is 50.9 Å². The predicted molar refractivity (Wildman–Crippen MR) is 72.6 cm³/mol. The molecule has 102 valence electrons. The van der Waals surface area contributed by atoms with Gasteiger partial charge in [-0.05, 0) is 18.3 Å². The molecule has 0 aromatic rings. The summed E-state index contributed by atoms with van der Waals surface area (Å²) in [6.45, 7) is 1.95. The van der Waals surface area contributed by atoms with Crippen LogP contribution in [-0.4, -0.2) is 34.1 Å². The predicted octanol–water partition coefficient (Wildman–Crippen LogP) is 1.46. The number of aliphatic hydroxyl groups is 3. The van der Waals surface area contributed by atoms with Crippen molar-refractivity contribution in [2.24, 2.45) is 0 Å². The second kappa shape index (κ2) is 12.5. The third-order valence-electron chi connectivity index (χ3n) is 2.68. The lowest BCUT2D eigenvalue weighted by Gasteiger charge is -2.15. The molecule has 0 amide bonds. The highest BCUT2D eigenvalue weighted by atomic mass is 16.3. The molecule has 3 nitrogen and oxygen atoms in total. The van der Waals surface area contributed by atoms with Crippen molar-refractivity contribution in [1.29, 1.82) is 0 Å². The zero-order valence-electron chi connectivity index (χ0n) is 11.2. The largest absolute Gasteiger partial charge is 0.390 e. The van der Waals surface area contributed by atoms with Crippen LogP contribution >= 0.6 is 0 Å². The number of hydrogen-bond donors (Lipinski definition) is 3. The topological polar surface area (TPSA) is 60.7 Å². The molecule has 0 bridgehead atoms. The van der Waals surface area contributed by atoms with Gasteiger partial charge in [0, 0.05) is 6.42 Å². The zero-order valence-corrected chi connectivity index (χ0v) is 11.2. The Morgan fingerprint density at radius 3 is 2.22 bits per heavy atom. The Balaban J connectivity index is 3.67. The molecule has 0 aromatic carbocycles. The van der Waals surface area contributed by atoms with Crippen molar-refractivity contribution >= 4 is 0 Å². The Hall–Kier alpha value is -1.00. The van der Waals surface area contributed by atoms with Gasteiger partial charge in [0.25, 0.3) is 0 Å². The average Bonchev–Trinajstić information content (AvgIpc) is 2.37. The van der Waals surface area contributed by atoms with E-state index in [4.69, 9.17) is 5.11 Å². The Morgan fingerprint density at radius 1 is 0.889 bits per heavy atom. The fourth-order valence-corrected chi connectivity index (χ4v) is 1.57. The van der Waals surface area contributed by atoms with E-state index < -0.39 is 12.2 Å². The van der Waals surface area contributed by atoms with Gasteiger partial charge in [-0.2, -0.15) is 0 Å². The van der Waals surface area contributed by atoms with Gasteiger partial charge in [-0.3, -0.25) is 0 Å². The van der Waals surface area contributed by atoms with Crippen molar-refractivity contribution in [3.8, 4) is 23.7 Å². The second-order valence-electron chi connectivity index (χ2n) is 4.30. The molecule has 3 N–H and O–H groups in total. The minimum absolute atomic E-state index is 0.211. The molecule has 0 aliphatic rings. The lowest BCUT2D eigenvalue weighted by Crippen LogP contribution is -2.25. The minimum Gasteiger partial charge on any atom is -0.390 e. The monoisotopic (exact) mass is 252 g/mol. The van der Waals surface area contributed by atoms with Crippen LogP contribution in [0.2, 0.25) is 0 Å². The van der Waals surface area contributed by atoms with Gasteiger partial charge in [0.15, 0.2) is 0 Å². The first-order valence-electron chi connectivity index (χ1n) is 6.65. The van der Waals surface area contributed by atoms with Crippen LogP contribution in [0.4, 0.5) is 0 Å². The van der Waals surface area contributed by atoms with Gasteiger partial charge in [0.1, 0.15) is 6.61 Å². The van der Waals surface area contributed by atoms with E-state index in [-0.39, 0.29) is 13.0 Å². The Kier molecular flexibility index (Phi) is 11.8. The highest BCUT2D eigenvalue weighted by Crippen LogP contribution is 2.10. The molecular formula is C15H24O3. The highest BCUT2D eigenvalue weighted by molar-refractivity contribution is 5.26. The van der Waals surface area contributed by atoms with Crippen molar-refractivity contribution in [1.82, 2.24) is 0 Å². The summed E-state index contributed by atoms with van der Waals surface area (Å²) in [6, 6.07) is 0. The average molecular weight is 252 g/mol. The fourth-order valence-electron chi connectivity index (χ4n) is 1.57. The number of hydrogen-bond acceptors (Lipinski definition) is 3. The van der Waals surface area contributed by atoms with Crippen molar-refractivity contribution in [3.63, 3.8) is 0 Å². The molecule has 0 rings (SSSR count). The standard InChI is InChI=1S/C15H24O3/c1-2-3-4-5-8-11-14(17)15(18)12-9-6-7-10-13-16/h14-18H,2-5,8,11-13H2,1H3/t14-,15-/m1/s1. The van der Waals surface area contributed by atoms with Crippen LogP contribution in [0.3, 0.4) is 0 Å². The summed E-state index contributed by atoms with van der Waals surface area (Å²) in [6.07, 6.45) is 5.00. The Labute approximate surface area is 110 Å². The third-order valence-corrected chi connectivity index (χ3v) is 2.68. The zero-order chi connectivity index (χ0) is 13.6. The maximum absolute atomic E-state index is 9.68. The first-order valence-corrected chi connectivity index (χ1v) is 6.65. The van der Waals surface area contributed by atoms with Gasteiger partial charge in [0.2, 0.25) is 0 Å². The van der Waals surface area contributed by atoms with Crippen molar-refractivity contribution in [2.45, 2.75) is 64.1 Å². The van der Waals surface area contributed by atoms with E-state index in [0.29, 0.717) is 6.42 Å². The molecule has 0 aliphatic heterocycles. The smallest absolute Gasteiger partial charge is 0.105 e. The van der Waals surface area contributed by atoms with E-state index in [1.54, 1.807) is 0 Å². The molecule has 0 spiro atoms. The van der Waals surface area contributed by atoms with Gasteiger partial charge in [-0.15, -0.1) is 0 Å². The Morgan fingerprint density at radius 2 is 1.56 bits per heavy atom. The Bertz CT molecular complexity index is 303. The minimum atomic E-state index is -0.806. The van der Waals surface area contributed by atoms with E-state index in [2.05, 4.69) is 30.6 Å². The molecule has 0 fully saturated rings. The van der Waals surface area contributed by atoms with Crippen molar-refractivity contribution < 1.29 is 15.3 Å². The molecule has 0 aliphatic carbocycles. The highest BCUT2D eigenvalue weighted by Gasteiger charge is 2.14. The lowest BCUT2D eigenvalue weighted by molar-refractivity contribution is 0.0165. The van der Waals surface area contributed by atoms with Gasteiger partial charge >= 0.3 is 0 Å². The van der Waals surface area contributed by atoms with E-state index in [0.717, 1.165) is 12.8 Å². The number of rotatable bonds is 8.